The minimum Gasteiger partial charge on any atom is -0.491 e. The lowest BCUT2D eigenvalue weighted by Crippen LogP contribution is -2.33. The number of carboxylic acids is 1. The van der Waals surface area contributed by atoms with Gasteiger partial charge in [-0.05, 0) is 72.2 Å². The molecule has 1 N–H and O–H groups in total. The van der Waals surface area contributed by atoms with Gasteiger partial charge in [0.25, 0.3) is 0 Å². The second-order valence-electron chi connectivity index (χ2n) is 8.45. The molecule has 3 rings (SSSR count). The van der Waals surface area contributed by atoms with E-state index in [-0.39, 0.29) is 0 Å². The third kappa shape index (κ3) is 7.13. The largest absolute Gasteiger partial charge is 0.491 e. The van der Waals surface area contributed by atoms with E-state index < -0.39 is 5.97 Å². The SMILES string of the molecule is CCCCOCCOc1ccc(-c2ccc(N3CCC(C)CC3)c(/C=C/C(=O)O)c2)cc1. The van der Waals surface area contributed by atoms with Crippen molar-refractivity contribution in [3.63, 3.8) is 0 Å². The molecule has 1 fully saturated rings. The molecule has 172 valence electrons. The van der Waals surface area contributed by atoms with Crippen LogP contribution in [0.5, 0.6) is 5.75 Å². The van der Waals surface area contributed by atoms with E-state index in [4.69, 9.17) is 14.6 Å². The molecule has 0 radical (unpaired) electrons. The summed E-state index contributed by atoms with van der Waals surface area (Å²) in [6.45, 7) is 8.36. The minimum atomic E-state index is -0.936. The number of carboxylic acid groups (broad SMARTS) is 1. The lowest BCUT2D eigenvalue weighted by atomic mass is 9.96. The van der Waals surface area contributed by atoms with Crippen LogP contribution < -0.4 is 9.64 Å². The Morgan fingerprint density at radius 1 is 1.06 bits per heavy atom. The molecule has 0 aromatic heterocycles. The molecule has 0 unspecified atom stereocenters. The van der Waals surface area contributed by atoms with Gasteiger partial charge in [0.2, 0.25) is 0 Å². The van der Waals surface area contributed by atoms with E-state index in [1.165, 1.54) is 6.08 Å². The Hall–Kier alpha value is -2.79. The van der Waals surface area contributed by atoms with Gasteiger partial charge in [-0.15, -0.1) is 0 Å². The van der Waals surface area contributed by atoms with Gasteiger partial charge in [0, 0.05) is 31.5 Å². The fourth-order valence-electron chi connectivity index (χ4n) is 3.88. The Labute approximate surface area is 191 Å². The quantitative estimate of drug-likeness (QED) is 0.351. The molecular weight excluding hydrogens is 402 g/mol. The maximum Gasteiger partial charge on any atom is 0.328 e. The molecule has 1 saturated heterocycles. The first-order valence-corrected chi connectivity index (χ1v) is 11.7. The molecule has 0 spiro atoms. The van der Waals surface area contributed by atoms with Crippen LogP contribution in [0.3, 0.4) is 0 Å². The van der Waals surface area contributed by atoms with Gasteiger partial charge in [0.1, 0.15) is 12.4 Å². The summed E-state index contributed by atoms with van der Waals surface area (Å²) in [6.07, 6.45) is 7.45. The van der Waals surface area contributed by atoms with Crippen molar-refractivity contribution >= 4 is 17.7 Å². The third-order valence-corrected chi connectivity index (χ3v) is 5.88. The third-order valence-electron chi connectivity index (χ3n) is 5.88. The Bertz CT molecular complexity index is 883. The van der Waals surface area contributed by atoms with Gasteiger partial charge >= 0.3 is 5.97 Å². The van der Waals surface area contributed by atoms with E-state index in [1.54, 1.807) is 6.08 Å². The van der Waals surface area contributed by atoms with Gasteiger partial charge in [-0.3, -0.25) is 0 Å². The maximum atomic E-state index is 11.1. The summed E-state index contributed by atoms with van der Waals surface area (Å²) in [6, 6.07) is 14.3. The minimum absolute atomic E-state index is 0.538. The maximum absolute atomic E-state index is 11.1. The number of unbranched alkanes of at least 4 members (excludes halogenated alkanes) is 1. The van der Waals surface area contributed by atoms with Gasteiger partial charge in [-0.25, -0.2) is 4.79 Å². The lowest BCUT2D eigenvalue weighted by molar-refractivity contribution is -0.131. The number of piperidine rings is 1. The number of ether oxygens (including phenoxy) is 2. The number of hydrogen-bond acceptors (Lipinski definition) is 4. The van der Waals surface area contributed by atoms with Crippen LogP contribution in [0.2, 0.25) is 0 Å². The number of nitrogens with zero attached hydrogens (tertiary/aromatic N) is 1. The standard InChI is InChI=1S/C27H35NO4/c1-3-4-17-31-18-19-32-25-9-5-22(6-10-25)23-7-11-26(24(20-23)8-12-27(29)30)28-15-13-21(2)14-16-28/h5-12,20-21H,3-4,13-19H2,1-2H3,(H,29,30)/b12-8+. The Morgan fingerprint density at radius 3 is 2.47 bits per heavy atom. The smallest absolute Gasteiger partial charge is 0.328 e. The molecule has 0 bridgehead atoms. The highest BCUT2D eigenvalue weighted by Crippen LogP contribution is 2.32. The van der Waals surface area contributed by atoms with E-state index in [0.717, 1.165) is 79.4 Å². The number of benzene rings is 2. The van der Waals surface area contributed by atoms with Crippen LogP contribution in [0.4, 0.5) is 5.69 Å². The Kier molecular flexibility index (Phi) is 9.17. The van der Waals surface area contributed by atoms with Crippen LogP contribution >= 0.6 is 0 Å². The summed E-state index contributed by atoms with van der Waals surface area (Å²) < 4.78 is 11.3. The molecule has 0 saturated carbocycles. The number of aliphatic carboxylic acids is 1. The molecule has 32 heavy (non-hydrogen) atoms. The highest BCUT2D eigenvalue weighted by atomic mass is 16.5. The molecule has 1 aliphatic rings. The van der Waals surface area contributed by atoms with Crippen molar-refractivity contribution in [2.75, 3.05) is 37.8 Å². The van der Waals surface area contributed by atoms with Gasteiger partial charge in [0.15, 0.2) is 0 Å². The summed E-state index contributed by atoms with van der Waals surface area (Å²) in [5.74, 6) is 0.624. The molecule has 0 amide bonds. The molecular formula is C27H35NO4. The first-order chi connectivity index (χ1) is 15.6. The van der Waals surface area contributed by atoms with Gasteiger partial charge in [-0.1, -0.05) is 38.5 Å². The number of carbonyl (C=O) groups is 1. The molecule has 1 heterocycles. The van der Waals surface area contributed by atoms with Crippen molar-refractivity contribution in [1.29, 1.82) is 0 Å². The number of hydrogen-bond donors (Lipinski definition) is 1. The zero-order valence-corrected chi connectivity index (χ0v) is 19.3. The van der Waals surface area contributed by atoms with Gasteiger partial charge in [0.05, 0.1) is 6.61 Å². The fourth-order valence-corrected chi connectivity index (χ4v) is 3.88. The summed E-state index contributed by atoms with van der Waals surface area (Å²) in [4.78, 5) is 13.5. The molecule has 0 aliphatic carbocycles. The van der Waals surface area contributed by atoms with Gasteiger partial charge in [-0.2, -0.15) is 0 Å². The van der Waals surface area contributed by atoms with Crippen molar-refractivity contribution in [3.05, 3.63) is 54.1 Å². The average molecular weight is 438 g/mol. The fraction of sp³-hybridized carbons (Fsp3) is 0.444. The van der Waals surface area contributed by atoms with Crippen LogP contribution in [0.1, 0.15) is 45.1 Å². The molecule has 2 aromatic carbocycles. The van der Waals surface area contributed by atoms with Crippen LogP contribution in [-0.4, -0.2) is 44.0 Å². The van der Waals surface area contributed by atoms with Crippen LogP contribution in [0.15, 0.2) is 48.5 Å². The zero-order valence-electron chi connectivity index (χ0n) is 19.3. The highest BCUT2D eigenvalue weighted by molar-refractivity contribution is 5.88. The van der Waals surface area contributed by atoms with E-state index >= 15 is 0 Å². The van der Waals surface area contributed by atoms with Crippen molar-refractivity contribution in [2.45, 2.75) is 39.5 Å². The predicted molar refractivity (Wildman–Crippen MR) is 130 cm³/mol. The van der Waals surface area contributed by atoms with Crippen LogP contribution in [0.25, 0.3) is 17.2 Å². The number of anilines is 1. The topological polar surface area (TPSA) is 59.0 Å². The second-order valence-corrected chi connectivity index (χ2v) is 8.45. The molecule has 1 aliphatic heterocycles. The van der Waals surface area contributed by atoms with Crippen molar-refractivity contribution < 1.29 is 19.4 Å². The summed E-state index contributed by atoms with van der Waals surface area (Å²) in [5, 5.41) is 9.14. The van der Waals surface area contributed by atoms with Crippen LogP contribution in [-0.2, 0) is 9.53 Å². The summed E-state index contributed by atoms with van der Waals surface area (Å²) >= 11 is 0. The molecule has 0 atom stereocenters. The molecule has 5 nitrogen and oxygen atoms in total. The van der Waals surface area contributed by atoms with E-state index in [2.05, 4.69) is 36.9 Å². The van der Waals surface area contributed by atoms with E-state index in [1.807, 2.05) is 24.3 Å². The lowest BCUT2D eigenvalue weighted by Gasteiger charge is -2.33. The summed E-state index contributed by atoms with van der Waals surface area (Å²) in [5.41, 5.74) is 4.16. The Balaban J connectivity index is 1.70. The Morgan fingerprint density at radius 2 is 1.78 bits per heavy atom. The monoisotopic (exact) mass is 437 g/mol. The normalized spacial score (nSPS) is 14.8. The van der Waals surface area contributed by atoms with Crippen molar-refractivity contribution in [2.24, 2.45) is 5.92 Å². The molecule has 2 aromatic rings. The zero-order chi connectivity index (χ0) is 22.8. The highest BCUT2D eigenvalue weighted by Gasteiger charge is 2.18. The van der Waals surface area contributed by atoms with Crippen molar-refractivity contribution in [1.82, 2.24) is 0 Å². The van der Waals surface area contributed by atoms with E-state index in [9.17, 15) is 4.79 Å². The number of rotatable bonds is 11. The van der Waals surface area contributed by atoms with Gasteiger partial charge < -0.3 is 19.5 Å². The second kappa shape index (κ2) is 12.3. The van der Waals surface area contributed by atoms with Crippen LogP contribution in [0, 0.1) is 5.92 Å². The first kappa shape index (κ1) is 23.9. The average Bonchev–Trinajstić information content (AvgIpc) is 2.81. The molecule has 5 heteroatoms. The predicted octanol–water partition coefficient (Wildman–Crippen LogP) is 5.88. The first-order valence-electron chi connectivity index (χ1n) is 11.7. The summed E-state index contributed by atoms with van der Waals surface area (Å²) in [7, 11) is 0. The van der Waals surface area contributed by atoms with Crippen molar-refractivity contribution in [3.8, 4) is 16.9 Å². The van der Waals surface area contributed by atoms with E-state index in [0.29, 0.717) is 13.2 Å².